The third kappa shape index (κ3) is 2.36. The highest BCUT2D eigenvalue weighted by molar-refractivity contribution is 6.36. The topological polar surface area (TPSA) is 18.1 Å². The summed E-state index contributed by atoms with van der Waals surface area (Å²) in [6.45, 7) is 0. The highest BCUT2D eigenvalue weighted by atomic mass is 16.3. The van der Waals surface area contributed by atoms with Crippen molar-refractivity contribution in [2.75, 3.05) is 0 Å². The Kier molecular flexibility index (Phi) is 3.70. The average Bonchev–Trinajstić information content (AvgIpc) is 3.67. The molecular weight excluding hydrogens is 486 g/mol. The largest absolute Gasteiger partial charge is 0.455 e. The summed E-state index contributed by atoms with van der Waals surface area (Å²) in [7, 11) is 0. The Morgan fingerprint density at radius 2 is 1.02 bits per heavy atom. The van der Waals surface area contributed by atoms with Gasteiger partial charge in [-0.25, -0.2) is 0 Å². The first-order valence-corrected chi connectivity index (χ1v) is 13.8. The molecule has 10 rings (SSSR count). The number of para-hydroxylation sites is 2. The van der Waals surface area contributed by atoms with Gasteiger partial charge in [0, 0.05) is 37.7 Å². The van der Waals surface area contributed by atoms with Gasteiger partial charge in [0.15, 0.2) is 0 Å². The van der Waals surface area contributed by atoms with E-state index in [1.807, 2.05) is 0 Å². The van der Waals surface area contributed by atoms with Crippen molar-refractivity contribution in [3.63, 3.8) is 0 Å². The molecular formula is C38H21NO. The smallest absolute Gasteiger partial charge is 0.144 e. The third-order valence-corrected chi connectivity index (χ3v) is 8.91. The van der Waals surface area contributed by atoms with Gasteiger partial charge in [-0.2, -0.15) is 0 Å². The summed E-state index contributed by atoms with van der Waals surface area (Å²) < 4.78 is 9.07. The van der Waals surface area contributed by atoms with Crippen molar-refractivity contribution in [2.24, 2.45) is 0 Å². The standard InChI is InChI=1S/C38H21NO/c1-2-11-23-22(10-1)24-16-9-17-28-32(21-20-25(23)34(24)28)39-31-18-7-5-14-29(31)35-36-30-15-6-8-19-33(30)40-38(36)27-13-4-3-12-26(27)37(35)39/h1-21H. The van der Waals surface area contributed by atoms with Crippen LogP contribution in [-0.2, 0) is 0 Å². The lowest BCUT2D eigenvalue weighted by atomic mass is 9.99. The molecule has 0 unspecified atom stereocenters. The number of benzene rings is 7. The lowest BCUT2D eigenvalue weighted by Crippen LogP contribution is -1.96. The Morgan fingerprint density at radius 3 is 1.88 bits per heavy atom. The zero-order valence-corrected chi connectivity index (χ0v) is 21.5. The highest BCUT2D eigenvalue weighted by Gasteiger charge is 2.26. The highest BCUT2D eigenvalue weighted by Crippen LogP contribution is 2.50. The molecule has 0 spiro atoms. The normalized spacial score (nSPS) is 12.5. The summed E-state index contributed by atoms with van der Waals surface area (Å²) in [4.78, 5) is 0. The van der Waals surface area contributed by atoms with E-state index in [4.69, 9.17) is 4.42 Å². The van der Waals surface area contributed by atoms with E-state index in [1.165, 1.54) is 71.3 Å². The molecule has 0 radical (unpaired) electrons. The van der Waals surface area contributed by atoms with Gasteiger partial charge < -0.3 is 8.98 Å². The first kappa shape index (κ1) is 20.6. The van der Waals surface area contributed by atoms with Crippen LogP contribution in [0.3, 0.4) is 0 Å². The van der Waals surface area contributed by atoms with Crippen LogP contribution in [0.5, 0.6) is 0 Å². The molecule has 2 heteroatoms. The summed E-state index contributed by atoms with van der Waals surface area (Å²) >= 11 is 0. The maximum Gasteiger partial charge on any atom is 0.144 e. The van der Waals surface area contributed by atoms with Crippen LogP contribution in [0.25, 0.3) is 93.2 Å². The number of hydrogen-bond acceptors (Lipinski definition) is 1. The quantitative estimate of drug-likeness (QED) is 0.216. The van der Waals surface area contributed by atoms with E-state index in [0.29, 0.717) is 0 Å². The number of fused-ring (bicyclic) bond motifs is 13. The van der Waals surface area contributed by atoms with E-state index in [9.17, 15) is 0 Å². The van der Waals surface area contributed by atoms with Crippen LogP contribution in [0, 0.1) is 0 Å². The van der Waals surface area contributed by atoms with Crippen LogP contribution in [-0.4, -0.2) is 4.57 Å². The minimum Gasteiger partial charge on any atom is -0.455 e. The number of furan rings is 1. The molecule has 0 N–H and O–H groups in total. The molecule has 0 bridgehead atoms. The third-order valence-electron chi connectivity index (χ3n) is 8.91. The lowest BCUT2D eigenvalue weighted by Gasteiger charge is -2.14. The Hall–Kier alpha value is -5.34. The molecule has 2 nitrogen and oxygen atoms in total. The molecule has 1 aliphatic carbocycles. The minimum absolute atomic E-state index is 0.926. The van der Waals surface area contributed by atoms with Gasteiger partial charge in [0.25, 0.3) is 0 Å². The van der Waals surface area contributed by atoms with Crippen molar-refractivity contribution in [1.82, 2.24) is 4.57 Å². The number of rotatable bonds is 1. The number of hydrogen-bond donors (Lipinski definition) is 0. The molecule has 40 heavy (non-hydrogen) atoms. The van der Waals surface area contributed by atoms with Crippen LogP contribution in [0.4, 0.5) is 0 Å². The van der Waals surface area contributed by atoms with Crippen LogP contribution >= 0.6 is 0 Å². The van der Waals surface area contributed by atoms with Crippen LogP contribution in [0.15, 0.2) is 132 Å². The molecule has 0 saturated carbocycles. The van der Waals surface area contributed by atoms with E-state index < -0.39 is 0 Å². The van der Waals surface area contributed by atoms with Gasteiger partial charge in [-0.15, -0.1) is 0 Å². The van der Waals surface area contributed by atoms with E-state index >= 15 is 0 Å². The Labute approximate surface area is 229 Å². The minimum atomic E-state index is 0.926. The van der Waals surface area contributed by atoms with Crippen molar-refractivity contribution in [3.8, 4) is 27.9 Å². The average molecular weight is 508 g/mol. The summed E-state index contributed by atoms with van der Waals surface area (Å²) in [5, 5.41) is 9.80. The fraction of sp³-hybridized carbons (Fsp3) is 0. The van der Waals surface area contributed by atoms with Crippen molar-refractivity contribution in [3.05, 3.63) is 127 Å². The van der Waals surface area contributed by atoms with E-state index in [2.05, 4.69) is 132 Å². The summed E-state index contributed by atoms with van der Waals surface area (Å²) in [5.41, 5.74) is 10.8. The van der Waals surface area contributed by atoms with Crippen LogP contribution < -0.4 is 0 Å². The molecule has 184 valence electrons. The molecule has 1 aliphatic rings. The van der Waals surface area contributed by atoms with Gasteiger partial charge in [-0.3, -0.25) is 0 Å². The van der Waals surface area contributed by atoms with Gasteiger partial charge in [0.05, 0.1) is 16.7 Å². The fourth-order valence-electron chi connectivity index (χ4n) is 7.36. The Bertz CT molecular complexity index is 2510. The summed E-state index contributed by atoms with van der Waals surface area (Å²) in [6.07, 6.45) is 0. The van der Waals surface area contributed by atoms with Gasteiger partial charge in [0.2, 0.25) is 0 Å². The molecule has 9 aromatic rings. The van der Waals surface area contributed by atoms with Gasteiger partial charge in [-0.05, 0) is 45.8 Å². The Balaban J connectivity index is 1.47. The maximum atomic E-state index is 6.57. The lowest BCUT2D eigenvalue weighted by molar-refractivity contribution is 0.673. The second kappa shape index (κ2) is 7.19. The first-order valence-electron chi connectivity index (χ1n) is 13.8. The van der Waals surface area contributed by atoms with Crippen molar-refractivity contribution in [2.45, 2.75) is 0 Å². The number of nitrogens with zero attached hydrogens (tertiary/aromatic N) is 1. The van der Waals surface area contributed by atoms with Crippen molar-refractivity contribution >= 4 is 65.3 Å². The van der Waals surface area contributed by atoms with E-state index in [-0.39, 0.29) is 0 Å². The second-order valence-corrected chi connectivity index (χ2v) is 10.8. The summed E-state index contributed by atoms with van der Waals surface area (Å²) in [6, 6.07) is 46.2. The van der Waals surface area contributed by atoms with Crippen LogP contribution in [0.1, 0.15) is 0 Å². The van der Waals surface area contributed by atoms with Gasteiger partial charge in [0.1, 0.15) is 11.2 Å². The SMILES string of the molecule is c1ccc2c(c1)-c1cccc3c(-n4c5ccccc5c5c6c7ccccc7oc6c6ccccc6c54)ccc-2c13. The molecule has 0 fully saturated rings. The van der Waals surface area contributed by atoms with Crippen molar-refractivity contribution < 1.29 is 4.42 Å². The molecule has 0 atom stereocenters. The molecule has 2 aromatic heterocycles. The predicted octanol–water partition coefficient (Wildman–Crippen LogP) is 10.6. The second-order valence-electron chi connectivity index (χ2n) is 10.8. The molecule has 2 heterocycles. The van der Waals surface area contributed by atoms with E-state index in [1.54, 1.807) is 0 Å². The van der Waals surface area contributed by atoms with Gasteiger partial charge >= 0.3 is 0 Å². The predicted molar refractivity (Wildman–Crippen MR) is 168 cm³/mol. The van der Waals surface area contributed by atoms with E-state index in [0.717, 1.165) is 21.9 Å². The Morgan fingerprint density at radius 1 is 0.400 bits per heavy atom. The monoisotopic (exact) mass is 507 g/mol. The molecule has 0 saturated heterocycles. The van der Waals surface area contributed by atoms with Crippen molar-refractivity contribution in [1.29, 1.82) is 0 Å². The zero-order valence-electron chi connectivity index (χ0n) is 21.5. The zero-order chi connectivity index (χ0) is 25.9. The molecule has 0 amide bonds. The molecule has 0 aliphatic heterocycles. The first-order chi connectivity index (χ1) is 19.9. The van der Waals surface area contributed by atoms with Crippen LogP contribution in [0.2, 0.25) is 0 Å². The summed E-state index contributed by atoms with van der Waals surface area (Å²) in [5.74, 6) is 0. The fourth-order valence-corrected chi connectivity index (χ4v) is 7.36. The molecule has 7 aromatic carbocycles. The van der Waals surface area contributed by atoms with Gasteiger partial charge in [-0.1, -0.05) is 109 Å². The maximum absolute atomic E-state index is 6.57. The number of aromatic nitrogens is 1.